The van der Waals surface area contributed by atoms with Crippen LogP contribution in [0.15, 0.2) is 24.3 Å². The van der Waals surface area contributed by atoms with Crippen LogP contribution < -0.4 is 4.74 Å². The van der Waals surface area contributed by atoms with E-state index >= 15 is 0 Å². The summed E-state index contributed by atoms with van der Waals surface area (Å²) in [5.41, 5.74) is 0.438. The summed E-state index contributed by atoms with van der Waals surface area (Å²) < 4.78 is 16.3. The molecular formula is C17H21NO6. The fourth-order valence-electron chi connectivity index (χ4n) is 2.88. The van der Waals surface area contributed by atoms with Crippen molar-refractivity contribution in [2.24, 2.45) is 0 Å². The van der Waals surface area contributed by atoms with Crippen LogP contribution in [-0.4, -0.2) is 67.0 Å². The molecule has 7 nitrogen and oxygen atoms in total. The van der Waals surface area contributed by atoms with E-state index in [2.05, 4.69) is 0 Å². The summed E-state index contributed by atoms with van der Waals surface area (Å²) in [5.74, 6) is -0.699. The minimum absolute atomic E-state index is 0.0175. The van der Waals surface area contributed by atoms with Crippen LogP contribution in [0.4, 0.5) is 0 Å². The zero-order chi connectivity index (χ0) is 16.9. The first-order chi connectivity index (χ1) is 11.6. The zero-order valence-electron chi connectivity index (χ0n) is 13.3. The molecule has 130 valence electrons. The van der Waals surface area contributed by atoms with Gasteiger partial charge >= 0.3 is 5.97 Å². The molecule has 0 spiro atoms. The first kappa shape index (κ1) is 16.7. The Labute approximate surface area is 140 Å². The smallest absolute Gasteiger partial charge is 0.328 e. The van der Waals surface area contributed by atoms with Crippen molar-refractivity contribution in [3.8, 4) is 5.75 Å². The molecule has 2 aliphatic heterocycles. The fourth-order valence-corrected chi connectivity index (χ4v) is 2.88. The lowest BCUT2D eigenvalue weighted by Crippen LogP contribution is -2.52. The van der Waals surface area contributed by atoms with Crippen molar-refractivity contribution in [1.82, 2.24) is 4.90 Å². The molecular weight excluding hydrogens is 314 g/mol. The molecule has 1 aromatic rings. The van der Waals surface area contributed by atoms with Gasteiger partial charge in [0.05, 0.1) is 19.3 Å². The number of nitrogens with zero attached hydrogens (tertiary/aromatic N) is 1. The van der Waals surface area contributed by atoms with Gasteiger partial charge in [0.15, 0.2) is 6.04 Å². The average Bonchev–Trinajstić information content (AvgIpc) is 3.13. The number of carboxylic acids is 1. The normalized spacial score (nSPS) is 23.9. The van der Waals surface area contributed by atoms with E-state index in [-0.39, 0.29) is 25.2 Å². The third-order valence-electron chi connectivity index (χ3n) is 4.24. The predicted molar refractivity (Wildman–Crippen MR) is 84.2 cm³/mol. The number of rotatable bonds is 5. The maximum atomic E-state index is 12.5. The zero-order valence-corrected chi connectivity index (χ0v) is 13.3. The Balaban J connectivity index is 1.61. The van der Waals surface area contributed by atoms with Gasteiger partial charge in [-0.15, -0.1) is 0 Å². The second-order valence-electron chi connectivity index (χ2n) is 5.90. The molecule has 2 fully saturated rings. The van der Waals surface area contributed by atoms with Crippen molar-refractivity contribution < 1.29 is 28.9 Å². The molecule has 2 saturated heterocycles. The molecule has 0 aliphatic carbocycles. The van der Waals surface area contributed by atoms with E-state index in [0.717, 1.165) is 19.4 Å². The number of carboxylic acid groups (broad SMARTS) is 1. The Morgan fingerprint density at radius 3 is 2.71 bits per heavy atom. The molecule has 1 aromatic carbocycles. The number of hydrogen-bond donors (Lipinski definition) is 1. The maximum Gasteiger partial charge on any atom is 0.328 e. The van der Waals surface area contributed by atoms with Crippen molar-refractivity contribution in [2.75, 3.05) is 33.0 Å². The highest BCUT2D eigenvalue weighted by molar-refractivity contribution is 5.96. The van der Waals surface area contributed by atoms with Crippen LogP contribution in [0.25, 0.3) is 0 Å². The van der Waals surface area contributed by atoms with Crippen molar-refractivity contribution >= 4 is 11.9 Å². The van der Waals surface area contributed by atoms with Crippen LogP contribution in [0, 0.1) is 0 Å². The number of morpholine rings is 1. The Kier molecular flexibility index (Phi) is 5.32. The predicted octanol–water partition coefficient (Wildman–Crippen LogP) is 1.17. The van der Waals surface area contributed by atoms with Crippen molar-refractivity contribution in [1.29, 1.82) is 0 Å². The molecule has 2 heterocycles. The van der Waals surface area contributed by atoms with Gasteiger partial charge in [-0.25, -0.2) is 4.79 Å². The minimum Gasteiger partial charge on any atom is -0.491 e. The highest BCUT2D eigenvalue weighted by atomic mass is 16.5. The topological polar surface area (TPSA) is 85.3 Å². The molecule has 1 N–H and O–H groups in total. The molecule has 7 heteroatoms. The number of benzene rings is 1. The lowest BCUT2D eigenvalue weighted by molar-refractivity contribution is -0.147. The number of amides is 1. The first-order valence-corrected chi connectivity index (χ1v) is 8.11. The van der Waals surface area contributed by atoms with Crippen LogP contribution in [-0.2, 0) is 14.3 Å². The summed E-state index contributed by atoms with van der Waals surface area (Å²) in [6.45, 7) is 1.92. The van der Waals surface area contributed by atoms with Gasteiger partial charge in [0.25, 0.3) is 5.91 Å². The Morgan fingerprint density at radius 2 is 2.04 bits per heavy atom. The fraction of sp³-hybridized carbons (Fsp3) is 0.529. The second-order valence-corrected chi connectivity index (χ2v) is 5.90. The third kappa shape index (κ3) is 3.85. The van der Waals surface area contributed by atoms with Gasteiger partial charge in [-0.3, -0.25) is 4.79 Å². The van der Waals surface area contributed by atoms with Crippen molar-refractivity contribution in [3.63, 3.8) is 0 Å². The lowest BCUT2D eigenvalue weighted by atomic mass is 10.1. The average molecular weight is 335 g/mol. The molecule has 0 unspecified atom stereocenters. The van der Waals surface area contributed by atoms with Gasteiger partial charge in [-0.05, 0) is 37.1 Å². The summed E-state index contributed by atoms with van der Waals surface area (Å²) in [5, 5.41) is 9.22. The monoisotopic (exact) mass is 335 g/mol. The number of ether oxygens (including phenoxy) is 3. The van der Waals surface area contributed by atoms with Gasteiger partial charge in [0, 0.05) is 18.7 Å². The van der Waals surface area contributed by atoms with Crippen molar-refractivity contribution in [2.45, 2.75) is 25.0 Å². The van der Waals surface area contributed by atoms with Crippen molar-refractivity contribution in [3.05, 3.63) is 29.8 Å². The van der Waals surface area contributed by atoms with Gasteiger partial charge < -0.3 is 24.2 Å². The molecule has 0 aromatic heterocycles. The summed E-state index contributed by atoms with van der Waals surface area (Å²) in [6.07, 6.45) is 2.20. The Morgan fingerprint density at radius 1 is 1.25 bits per heavy atom. The van der Waals surface area contributed by atoms with Crippen LogP contribution in [0.2, 0.25) is 0 Å². The standard InChI is InChI=1S/C17H21NO6/c19-16(18-7-9-22-11-15(18)17(20)21)12-3-5-13(6-4-12)24-10-14-2-1-8-23-14/h3-6,14-15H,1-2,7-11H2,(H,20,21)/t14-,15+/m0/s1. The molecule has 2 aliphatic rings. The van der Waals surface area contributed by atoms with E-state index < -0.39 is 12.0 Å². The summed E-state index contributed by atoms with van der Waals surface area (Å²) in [6, 6.07) is 5.81. The number of aliphatic carboxylic acids is 1. The van der Waals surface area contributed by atoms with E-state index in [1.54, 1.807) is 24.3 Å². The highest BCUT2D eigenvalue weighted by Gasteiger charge is 2.33. The second kappa shape index (κ2) is 7.63. The van der Waals surface area contributed by atoms with E-state index in [0.29, 0.717) is 24.5 Å². The van der Waals surface area contributed by atoms with E-state index in [4.69, 9.17) is 14.2 Å². The third-order valence-corrected chi connectivity index (χ3v) is 4.24. The first-order valence-electron chi connectivity index (χ1n) is 8.11. The lowest BCUT2D eigenvalue weighted by Gasteiger charge is -2.32. The number of hydrogen-bond acceptors (Lipinski definition) is 5. The molecule has 3 rings (SSSR count). The van der Waals surface area contributed by atoms with Gasteiger partial charge in [0.1, 0.15) is 12.4 Å². The largest absolute Gasteiger partial charge is 0.491 e. The molecule has 24 heavy (non-hydrogen) atoms. The van der Waals surface area contributed by atoms with Crippen LogP contribution in [0.1, 0.15) is 23.2 Å². The molecule has 0 saturated carbocycles. The molecule has 2 atom stereocenters. The maximum absolute atomic E-state index is 12.5. The molecule has 0 bridgehead atoms. The Hall–Kier alpha value is -2.12. The number of carbonyl (C=O) groups is 2. The van der Waals surface area contributed by atoms with Gasteiger partial charge in [-0.1, -0.05) is 0 Å². The van der Waals surface area contributed by atoms with Gasteiger partial charge in [-0.2, -0.15) is 0 Å². The van der Waals surface area contributed by atoms with Crippen LogP contribution in [0.5, 0.6) is 5.75 Å². The van der Waals surface area contributed by atoms with E-state index in [1.807, 2.05) is 0 Å². The number of carbonyl (C=O) groups excluding carboxylic acids is 1. The molecule has 1 amide bonds. The SMILES string of the molecule is O=C(O)[C@H]1COCCN1C(=O)c1ccc(OC[C@@H]2CCCO2)cc1. The highest BCUT2D eigenvalue weighted by Crippen LogP contribution is 2.19. The summed E-state index contributed by atoms with van der Waals surface area (Å²) >= 11 is 0. The summed E-state index contributed by atoms with van der Waals surface area (Å²) in [4.78, 5) is 25.1. The van der Waals surface area contributed by atoms with Gasteiger partial charge in [0.2, 0.25) is 0 Å². The minimum atomic E-state index is -1.06. The summed E-state index contributed by atoms with van der Waals surface area (Å²) in [7, 11) is 0. The van der Waals surface area contributed by atoms with Crippen LogP contribution >= 0.6 is 0 Å². The van der Waals surface area contributed by atoms with E-state index in [9.17, 15) is 14.7 Å². The molecule has 0 radical (unpaired) electrons. The Bertz CT molecular complexity index is 581. The van der Waals surface area contributed by atoms with E-state index in [1.165, 1.54) is 4.90 Å². The quantitative estimate of drug-likeness (QED) is 0.869. The van der Waals surface area contributed by atoms with Crippen LogP contribution in [0.3, 0.4) is 0 Å².